The van der Waals surface area contributed by atoms with Crippen LogP contribution < -0.4 is 16.0 Å². The van der Waals surface area contributed by atoms with Gasteiger partial charge in [0.2, 0.25) is 5.95 Å². The van der Waals surface area contributed by atoms with E-state index in [1.807, 2.05) is 30.5 Å². The molecule has 0 saturated carbocycles. The number of nitrogens with zero attached hydrogens (tertiary/aromatic N) is 4. The lowest BCUT2D eigenvalue weighted by Crippen LogP contribution is -2.39. The second-order valence-corrected chi connectivity index (χ2v) is 6.85. The number of aromatic nitrogens is 3. The summed E-state index contributed by atoms with van der Waals surface area (Å²) in [6, 6.07) is 16.5. The van der Waals surface area contributed by atoms with E-state index < -0.39 is 0 Å². The molecule has 3 aromatic rings. The highest BCUT2D eigenvalue weighted by Gasteiger charge is 2.33. The maximum absolute atomic E-state index is 5.72. The van der Waals surface area contributed by atoms with E-state index in [1.165, 1.54) is 5.56 Å². The number of pyridine rings is 1. The lowest BCUT2D eigenvalue weighted by Gasteiger charge is -2.18. The molecule has 1 saturated heterocycles. The summed E-state index contributed by atoms with van der Waals surface area (Å²) in [6.07, 6.45) is 3.58. The zero-order chi connectivity index (χ0) is 19.3. The van der Waals surface area contributed by atoms with Crippen molar-refractivity contribution in [1.29, 1.82) is 0 Å². The Kier molecular flexibility index (Phi) is 5.45. The van der Waals surface area contributed by atoms with E-state index in [0.717, 1.165) is 36.7 Å². The minimum absolute atomic E-state index is 0.0789. The van der Waals surface area contributed by atoms with Gasteiger partial charge in [0.1, 0.15) is 5.82 Å². The number of anilines is 2. The van der Waals surface area contributed by atoms with E-state index in [9.17, 15) is 0 Å². The number of nitrogen functional groups attached to an aromatic ring is 1. The molecule has 0 unspecified atom stereocenters. The van der Waals surface area contributed by atoms with Crippen LogP contribution >= 0.6 is 0 Å². The van der Waals surface area contributed by atoms with Crippen molar-refractivity contribution in [3.8, 4) is 11.3 Å². The van der Waals surface area contributed by atoms with Crippen molar-refractivity contribution in [3.63, 3.8) is 0 Å². The number of methoxy groups -OCH3 is 1. The molecule has 0 aliphatic carbocycles. The van der Waals surface area contributed by atoms with Crippen molar-refractivity contribution in [1.82, 2.24) is 20.3 Å². The molecule has 2 atom stereocenters. The number of hydrogen-bond acceptors (Lipinski definition) is 7. The third kappa shape index (κ3) is 4.11. The molecule has 0 amide bonds. The molecule has 144 valence electrons. The van der Waals surface area contributed by atoms with Crippen LogP contribution in [0.15, 0.2) is 60.9 Å². The first kappa shape index (κ1) is 18.3. The van der Waals surface area contributed by atoms with Crippen LogP contribution in [0.25, 0.3) is 11.3 Å². The van der Waals surface area contributed by atoms with Gasteiger partial charge in [-0.2, -0.15) is 4.98 Å². The minimum atomic E-state index is 0.0789. The van der Waals surface area contributed by atoms with Crippen LogP contribution in [0.3, 0.4) is 0 Å². The molecule has 28 heavy (non-hydrogen) atoms. The summed E-state index contributed by atoms with van der Waals surface area (Å²) in [5, 5.41) is 3.63. The van der Waals surface area contributed by atoms with Crippen molar-refractivity contribution >= 4 is 11.8 Å². The lowest BCUT2D eigenvalue weighted by atomic mass is 10.1. The predicted molar refractivity (Wildman–Crippen MR) is 110 cm³/mol. The second kappa shape index (κ2) is 8.33. The standard InChI is InChI=1S/C21H24N6O/c1-28-19-14-27(20-8-10-24-21(22)26-20)13-18(19)25-12-15-5-4-6-16(11-15)17-7-2-3-9-23-17/h2-11,18-19,25H,12-14H2,1H3,(H2,22,24,26)/t18-,19+/m0/s1. The summed E-state index contributed by atoms with van der Waals surface area (Å²) in [4.78, 5) is 14.9. The Hall–Kier alpha value is -3.03. The molecule has 2 aromatic heterocycles. The number of ether oxygens (including phenoxy) is 1. The van der Waals surface area contributed by atoms with E-state index in [4.69, 9.17) is 10.5 Å². The molecule has 1 aliphatic heterocycles. The molecule has 4 rings (SSSR count). The Morgan fingerprint density at radius 3 is 2.82 bits per heavy atom. The zero-order valence-electron chi connectivity index (χ0n) is 15.8. The average Bonchev–Trinajstić information content (AvgIpc) is 3.16. The molecule has 1 aromatic carbocycles. The van der Waals surface area contributed by atoms with E-state index in [-0.39, 0.29) is 18.1 Å². The third-order valence-corrected chi connectivity index (χ3v) is 5.01. The zero-order valence-corrected chi connectivity index (χ0v) is 15.8. The van der Waals surface area contributed by atoms with Crippen molar-refractivity contribution in [2.24, 2.45) is 0 Å². The molecule has 1 aliphatic rings. The van der Waals surface area contributed by atoms with Gasteiger partial charge in [-0.3, -0.25) is 4.98 Å². The van der Waals surface area contributed by atoms with Gasteiger partial charge in [0.05, 0.1) is 17.8 Å². The van der Waals surface area contributed by atoms with E-state index >= 15 is 0 Å². The topological polar surface area (TPSA) is 89.2 Å². The minimum Gasteiger partial charge on any atom is -0.378 e. The van der Waals surface area contributed by atoms with Crippen LogP contribution in [0.2, 0.25) is 0 Å². The Labute approximate surface area is 164 Å². The molecule has 7 heteroatoms. The number of nitrogens with one attached hydrogen (secondary N) is 1. The summed E-state index contributed by atoms with van der Waals surface area (Å²) in [6.45, 7) is 2.32. The molecule has 0 radical (unpaired) electrons. The van der Waals surface area contributed by atoms with Gasteiger partial charge in [-0.05, 0) is 29.8 Å². The van der Waals surface area contributed by atoms with Gasteiger partial charge < -0.3 is 20.7 Å². The molecular formula is C21H24N6O. The van der Waals surface area contributed by atoms with Crippen LogP contribution in [0.1, 0.15) is 5.56 Å². The van der Waals surface area contributed by atoms with E-state index in [0.29, 0.717) is 0 Å². The number of benzene rings is 1. The summed E-state index contributed by atoms with van der Waals surface area (Å²) in [5.41, 5.74) is 9.03. The molecular weight excluding hydrogens is 352 g/mol. The first-order valence-electron chi connectivity index (χ1n) is 9.33. The van der Waals surface area contributed by atoms with Gasteiger partial charge in [-0.15, -0.1) is 0 Å². The largest absolute Gasteiger partial charge is 0.378 e. The Bertz CT molecular complexity index is 920. The van der Waals surface area contributed by atoms with Crippen molar-refractivity contribution in [2.75, 3.05) is 30.8 Å². The number of nitrogens with two attached hydrogens (primary N) is 1. The fraction of sp³-hybridized carbons (Fsp3) is 0.286. The lowest BCUT2D eigenvalue weighted by molar-refractivity contribution is 0.0967. The molecule has 7 nitrogen and oxygen atoms in total. The maximum atomic E-state index is 5.72. The van der Waals surface area contributed by atoms with Crippen LogP contribution in [0.5, 0.6) is 0 Å². The SMILES string of the molecule is CO[C@@H]1CN(c2ccnc(N)n2)C[C@@H]1NCc1cccc(-c2ccccn2)c1. The first-order valence-corrected chi connectivity index (χ1v) is 9.33. The van der Waals surface area contributed by atoms with Gasteiger partial charge in [-0.1, -0.05) is 24.3 Å². The molecule has 3 N–H and O–H groups in total. The molecule has 0 bridgehead atoms. The van der Waals surface area contributed by atoms with Crippen LogP contribution in [-0.4, -0.2) is 47.3 Å². The highest BCUT2D eigenvalue weighted by molar-refractivity contribution is 5.59. The summed E-state index contributed by atoms with van der Waals surface area (Å²) in [5.74, 6) is 1.12. The van der Waals surface area contributed by atoms with Gasteiger partial charge in [0, 0.05) is 44.7 Å². The fourth-order valence-corrected chi connectivity index (χ4v) is 3.56. The van der Waals surface area contributed by atoms with Crippen LogP contribution in [0.4, 0.5) is 11.8 Å². The van der Waals surface area contributed by atoms with Gasteiger partial charge in [0.15, 0.2) is 0 Å². The van der Waals surface area contributed by atoms with Gasteiger partial charge >= 0.3 is 0 Å². The van der Waals surface area contributed by atoms with E-state index in [1.54, 1.807) is 13.3 Å². The maximum Gasteiger partial charge on any atom is 0.221 e. The Balaban J connectivity index is 1.43. The Morgan fingerprint density at radius 2 is 2.04 bits per heavy atom. The van der Waals surface area contributed by atoms with Crippen molar-refractivity contribution < 1.29 is 4.74 Å². The van der Waals surface area contributed by atoms with Crippen LogP contribution in [0, 0.1) is 0 Å². The monoisotopic (exact) mass is 376 g/mol. The highest BCUT2D eigenvalue weighted by Crippen LogP contribution is 2.22. The molecule has 0 spiro atoms. The first-order chi connectivity index (χ1) is 13.7. The molecule has 3 heterocycles. The normalized spacial score (nSPS) is 19.1. The quantitative estimate of drug-likeness (QED) is 0.681. The summed E-state index contributed by atoms with van der Waals surface area (Å²) >= 11 is 0. The van der Waals surface area contributed by atoms with Gasteiger partial charge in [0.25, 0.3) is 0 Å². The molecule has 1 fully saturated rings. The van der Waals surface area contributed by atoms with Gasteiger partial charge in [-0.25, -0.2) is 4.98 Å². The number of rotatable bonds is 6. The second-order valence-electron chi connectivity index (χ2n) is 6.85. The fourth-order valence-electron chi connectivity index (χ4n) is 3.56. The highest BCUT2D eigenvalue weighted by atomic mass is 16.5. The Morgan fingerprint density at radius 1 is 1.11 bits per heavy atom. The third-order valence-electron chi connectivity index (χ3n) is 5.01. The van der Waals surface area contributed by atoms with Crippen molar-refractivity contribution in [2.45, 2.75) is 18.7 Å². The predicted octanol–water partition coefficient (Wildman–Crippen LogP) is 2.11. The average molecular weight is 376 g/mol. The van der Waals surface area contributed by atoms with Crippen LogP contribution in [-0.2, 0) is 11.3 Å². The smallest absolute Gasteiger partial charge is 0.221 e. The van der Waals surface area contributed by atoms with Crippen molar-refractivity contribution in [3.05, 3.63) is 66.5 Å². The number of hydrogen-bond donors (Lipinski definition) is 2. The summed E-state index contributed by atoms with van der Waals surface area (Å²) < 4.78 is 5.70. The summed E-state index contributed by atoms with van der Waals surface area (Å²) in [7, 11) is 1.75. The van der Waals surface area contributed by atoms with E-state index in [2.05, 4.69) is 49.4 Å².